The average Bonchev–Trinajstić information content (AvgIpc) is 3.18. The second-order valence-electron chi connectivity index (χ2n) is 7.60. The zero-order valence-corrected chi connectivity index (χ0v) is 18.0. The summed E-state index contributed by atoms with van der Waals surface area (Å²) in [5.74, 6) is 1.63. The number of hydrogen-bond donors (Lipinski definition) is 2. The summed E-state index contributed by atoms with van der Waals surface area (Å²) in [5, 5.41) is 9.29. The molecular formula is C21H23N5O3S. The number of benzene rings is 1. The first-order valence-corrected chi connectivity index (χ1v) is 10.0. The number of hydrogen-bond acceptors (Lipinski definition) is 6. The molecule has 0 fully saturated rings. The van der Waals surface area contributed by atoms with Gasteiger partial charge in [-0.05, 0) is 36.4 Å². The molecule has 0 radical (unpaired) electrons. The molecule has 0 atom stereocenters. The van der Waals surface area contributed by atoms with Crippen molar-refractivity contribution in [3.63, 3.8) is 0 Å². The monoisotopic (exact) mass is 425 g/mol. The van der Waals surface area contributed by atoms with Crippen LogP contribution in [0.15, 0.2) is 63.0 Å². The van der Waals surface area contributed by atoms with E-state index in [1.807, 2.05) is 57.2 Å². The molecule has 3 aromatic rings. The molecule has 2 N–H and O–H groups in total. The van der Waals surface area contributed by atoms with Crippen LogP contribution in [0.3, 0.4) is 0 Å². The van der Waals surface area contributed by atoms with Crippen LogP contribution in [0.2, 0.25) is 0 Å². The Morgan fingerprint density at radius 1 is 1.10 bits per heavy atom. The molecule has 1 aromatic carbocycles. The predicted octanol–water partition coefficient (Wildman–Crippen LogP) is 4.75. The van der Waals surface area contributed by atoms with Gasteiger partial charge in [-0.3, -0.25) is 10.1 Å². The molecule has 0 saturated heterocycles. The van der Waals surface area contributed by atoms with E-state index in [0.29, 0.717) is 29.5 Å². The van der Waals surface area contributed by atoms with E-state index >= 15 is 0 Å². The Morgan fingerprint density at radius 2 is 1.83 bits per heavy atom. The van der Waals surface area contributed by atoms with E-state index in [-0.39, 0.29) is 5.41 Å². The molecule has 8 nitrogen and oxygen atoms in total. The second kappa shape index (κ2) is 9.00. The Balaban J connectivity index is 1.58. The second-order valence-corrected chi connectivity index (χ2v) is 8.74. The Morgan fingerprint density at radius 3 is 2.47 bits per heavy atom. The fourth-order valence-electron chi connectivity index (χ4n) is 2.42. The number of pyridine rings is 1. The zero-order valence-electron chi connectivity index (χ0n) is 17.2. The minimum atomic E-state index is -0.403. The van der Waals surface area contributed by atoms with Crippen molar-refractivity contribution in [2.24, 2.45) is 0 Å². The number of nitrogens with zero attached hydrogens (tertiary/aromatic N) is 3. The lowest BCUT2D eigenvalue weighted by Crippen LogP contribution is -2.19. The maximum Gasteiger partial charge on any atom is 0.324 e. The Labute approximate surface area is 179 Å². The quantitative estimate of drug-likeness (QED) is 0.553. The molecule has 3 amide bonds. The van der Waals surface area contributed by atoms with E-state index in [4.69, 9.17) is 4.52 Å². The number of urea groups is 1. The van der Waals surface area contributed by atoms with Gasteiger partial charge in [-0.15, -0.1) is 0 Å². The van der Waals surface area contributed by atoms with Gasteiger partial charge in [-0.25, -0.2) is 9.78 Å². The fourth-order valence-corrected chi connectivity index (χ4v) is 3.26. The van der Waals surface area contributed by atoms with Crippen LogP contribution in [0.5, 0.6) is 0 Å². The van der Waals surface area contributed by atoms with Crippen molar-refractivity contribution in [2.45, 2.75) is 36.0 Å². The summed E-state index contributed by atoms with van der Waals surface area (Å²) in [6.45, 7) is 6.01. The minimum Gasteiger partial charge on any atom is -0.359 e. The fraction of sp³-hybridized carbons (Fsp3) is 0.238. The first-order valence-electron chi connectivity index (χ1n) is 9.22. The molecule has 0 unspecified atom stereocenters. The summed E-state index contributed by atoms with van der Waals surface area (Å²) in [6, 6.07) is 12.4. The lowest BCUT2D eigenvalue weighted by Gasteiger charge is -2.12. The normalized spacial score (nSPS) is 11.1. The summed E-state index contributed by atoms with van der Waals surface area (Å²) < 4.78 is 5.26. The topological polar surface area (TPSA) is 100 Å². The molecule has 2 heterocycles. The van der Waals surface area contributed by atoms with Crippen LogP contribution >= 0.6 is 11.8 Å². The van der Waals surface area contributed by atoms with Gasteiger partial charge in [0.05, 0.1) is 0 Å². The predicted molar refractivity (Wildman–Crippen MR) is 117 cm³/mol. The molecule has 156 valence electrons. The van der Waals surface area contributed by atoms with Gasteiger partial charge in [0.2, 0.25) is 6.41 Å². The van der Waals surface area contributed by atoms with Gasteiger partial charge in [0, 0.05) is 40.2 Å². The van der Waals surface area contributed by atoms with Crippen molar-refractivity contribution < 1.29 is 14.1 Å². The number of rotatable bonds is 6. The van der Waals surface area contributed by atoms with Crippen molar-refractivity contribution in [1.29, 1.82) is 0 Å². The summed E-state index contributed by atoms with van der Waals surface area (Å²) in [6.07, 6.45) is 2.37. The molecule has 2 aromatic heterocycles. The zero-order chi connectivity index (χ0) is 21.7. The number of carbonyl (C=O) groups excluding carboxylic acids is 2. The number of nitrogens with one attached hydrogen (secondary N) is 2. The van der Waals surface area contributed by atoms with Gasteiger partial charge in [0.1, 0.15) is 11.6 Å². The third-order valence-corrected chi connectivity index (χ3v) is 5.07. The highest BCUT2D eigenvalue weighted by molar-refractivity contribution is 7.99. The van der Waals surface area contributed by atoms with Crippen molar-refractivity contribution >= 4 is 41.5 Å². The summed E-state index contributed by atoms with van der Waals surface area (Å²) in [5.41, 5.74) is 0.460. The lowest BCUT2D eigenvalue weighted by atomic mass is 9.93. The molecule has 30 heavy (non-hydrogen) atoms. The minimum absolute atomic E-state index is 0.185. The number of amides is 3. The van der Waals surface area contributed by atoms with Crippen LogP contribution in [0.4, 0.5) is 22.1 Å². The molecule has 0 spiro atoms. The summed E-state index contributed by atoms with van der Waals surface area (Å²) in [4.78, 5) is 30.6. The van der Waals surface area contributed by atoms with Crippen LogP contribution in [-0.4, -0.2) is 29.6 Å². The Hall–Kier alpha value is -3.33. The van der Waals surface area contributed by atoms with E-state index in [1.54, 1.807) is 19.3 Å². The van der Waals surface area contributed by atoms with Gasteiger partial charge in [-0.1, -0.05) is 37.7 Å². The number of anilines is 3. The first kappa shape index (κ1) is 21.4. The Bertz CT molecular complexity index is 1030. The van der Waals surface area contributed by atoms with Crippen LogP contribution < -0.4 is 15.5 Å². The highest BCUT2D eigenvalue weighted by Crippen LogP contribution is 2.30. The van der Waals surface area contributed by atoms with Crippen molar-refractivity contribution in [2.75, 3.05) is 22.6 Å². The van der Waals surface area contributed by atoms with Crippen LogP contribution in [0, 0.1) is 0 Å². The molecule has 0 aliphatic rings. The van der Waals surface area contributed by atoms with Crippen LogP contribution in [0.25, 0.3) is 0 Å². The maximum atomic E-state index is 12.2. The summed E-state index contributed by atoms with van der Waals surface area (Å²) in [7, 11) is 1.65. The van der Waals surface area contributed by atoms with Gasteiger partial charge >= 0.3 is 6.03 Å². The maximum absolute atomic E-state index is 12.2. The molecule has 9 heteroatoms. The van der Waals surface area contributed by atoms with E-state index in [2.05, 4.69) is 20.8 Å². The highest BCUT2D eigenvalue weighted by atomic mass is 32.2. The highest BCUT2D eigenvalue weighted by Gasteiger charge is 2.20. The molecule has 0 bridgehead atoms. The van der Waals surface area contributed by atoms with E-state index < -0.39 is 6.03 Å². The standard InChI is InChI=1S/C21H23N5O3S/c1-21(2,3)17-12-18(25-29-17)24-20(28)23-14-5-7-15(8-6-14)30-16-9-10-22-19(11-16)26(4)13-27/h5-13H,1-4H3,(H2,23,24,25,28). The van der Waals surface area contributed by atoms with Gasteiger partial charge < -0.3 is 14.7 Å². The molecule has 0 saturated carbocycles. The third-order valence-electron chi connectivity index (χ3n) is 4.08. The first-order chi connectivity index (χ1) is 14.2. The van der Waals surface area contributed by atoms with Gasteiger partial charge in [-0.2, -0.15) is 0 Å². The third kappa shape index (κ3) is 5.60. The van der Waals surface area contributed by atoms with E-state index in [0.717, 1.165) is 9.79 Å². The van der Waals surface area contributed by atoms with Crippen molar-refractivity contribution in [1.82, 2.24) is 10.1 Å². The Kier molecular flexibility index (Phi) is 6.41. The van der Waals surface area contributed by atoms with E-state index in [9.17, 15) is 9.59 Å². The van der Waals surface area contributed by atoms with Gasteiger partial charge in [0.15, 0.2) is 5.82 Å². The van der Waals surface area contributed by atoms with Crippen LogP contribution in [-0.2, 0) is 10.2 Å². The molecular weight excluding hydrogens is 402 g/mol. The van der Waals surface area contributed by atoms with Crippen molar-refractivity contribution in [3.8, 4) is 0 Å². The molecule has 3 rings (SSSR count). The van der Waals surface area contributed by atoms with Crippen LogP contribution in [0.1, 0.15) is 26.5 Å². The lowest BCUT2D eigenvalue weighted by molar-refractivity contribution is -0.107. The largest absolute Gasteiger partial charge is 0.359 e. The molecule has 0 aliphatic heterocycles. The smallest absolute Gasteiger partial charge is 0.324 e. The number of aromatic nitrogens is 2. The SMILES string of the molecule is CN(C=O)c1cc(Sc2ccc(NC(=O)Nc3cc(C(C)(C)C)on3)cc2)ccn1. The number of carbonyl (C=O) groups is 2. The van der Waals surface area contributed by atoms with Crippen molar-refractivity contribution in [3.05, 3.63) is 54.4 Å². The average molecular weight is 426 g/mol. The molecule has 0 aliphatic carbocycles. The van der Waals surface area contributed by atoms with Gasteiger partial charge in [0.25, 0.3) is 0 Å². The summed E-state index contributed by atoms with van der Waals surface area (Å²) >= 11 is 1.53. The van der Waals surface area contributed by atoms with E-state index in [1.165, 1.54) is 16.7 Å².